The van der Waals surface area contributed by atoms with Crippen LogP contribution in [0.4, 0.5) is 0 Å². The maximum atomic E-state index is 5.76. The first kappa shape index (κ1) is 14.0. The predicted octanol–water partition coefficient (Wildman–Crippen LogP) is 1.10. The molecule has 1 N–H and O–H groups in total. The lowest BCUT2D eigenvalue weighted by Gasteiger charge is -2.33. The van der Waals surface area contributed by atoms with Crippen LogP contribution >= 0.6 is 0 Å². The summed E-state index contributed by atoms with van der Waals surface area (Å²) >= 11 is 0. The standard InChI is InChI=1S/C14H24N4O2/c1-3-14(5-4-6-15-10-14)13-16-12(17-20-13)11-9-18(2)7-8-19-11/h11,15H,3-10H2,1-2H3. The molecule has 2 aliphatic heterocycles. The van der Waals surface area contributed by atoms with E-state index >= 15 is 0 Å². The summed E-state index contributed by atoms with van der Waals surface area (Å²) in [7, 11) is 2.09. The van der Waals surface area contributed by atoms with Gasteiger partial charge in [-0.1, -0.05) is 12.1 Å². The summed E-state index contributed by atoms with van der Waals surface area (Å²) in [6.45, 7) is 6.73. The van der Waals surface area contributed by atoms with Crippen molar-refractivity contribution in [3.05, 3.63) is 11.7 Å². The fraction of sp³-hybridized carbons (Fsp3) is 0.857. The summed E-state index contributed by atoms with van der Waals surface area (Å²) in [4.78, 5) is 6.90. The molecule has 0 aliphatic carbocycles. The Balaban J connectivity index is 1.78. The van der Waals surface area contributed by atoms with Crippen molar-refractivity contribution in [3.63, 3.8) is 0 Å². The molecule has 3 heterocycles. The number of hydrogen-bond acceptors (Lipinski definition) is 6. The Kier molecular flexibility index (Phi) is 4.05. The van der Waals surface area contributed by atoms with Crippen LogP contribution in [0.5, 0.6) is 0 Å². The van der Waals surface area contributed by atoms with Gasteiger partial charge in [0, 0.05) is 19.6 Å². The average Bonchev–Trinajstić information content (AvgIpc) is 2.98. The van der Waals surface area contributed by atoms with Crippen molar-refractivity contribution < 1.29 is 9.26 Å². The van der Waals surface area contributed by atoms with Gasteiger partial charge in [-0.05, 0) is 32.9 Å². The minimum absolute atomic E-state index is 0.00404. The number of morpholine rings is 1. The normalized spacial score (nSPS) is 32.4. The van der Waals surface area contributed by atoms with Crippen LogP contribution in [0.1, 0.15) is 44.0 Å². The van der Waals surface area contributed by atoms with Crippen LogP contribution in [0.15, 0.2) is 4.52 Å². The summed E-state index contributed by atoms with van der Waals surface area (Å²) < 4.78 is 11.3. The van der Waals surface area contributed by atoms with Crippen molar-refractivity contribution in [2.24, 2.45) is 0 Å². The highest BCUT2D eigenvalue weighted by Gasteiger charge is 2.38. The monoisotopic (exact) mass is 280 g/mol. The molecule has 2 fully saturated rings. The third kappa shape index (κ3) is 2.60. The summed E-state index contributed by atoms with van der Waals surface area (Å²) in [5, 5.41) is 7.63. The zero-order chi connectivity index (χ0) is 14.0. The van der Waals surface area contributed by atoms with E-state index in [4.69, 9.17) is 9.26 Å². The third-order valence-electron chi connectivity index (χ3n) is 4.60. The van der Waals surface area contributed by atoms with E-state index in [0.29, 0.717) is 5.82 Å². The van der Waals surface area contributed by atoms with E-state index in [0.717, 1.165) is 57.9 Å². The molecule has 0 radical (unpaired) electrons. The van der Waals surface area contributed by atoms with Crippen LogP contribution in [0, 0.1) is 0 Å². The number of nitrogens with zero attached hydrogens (tertiary/aromatic N) is 3. The van der Waals surface area contributed by atoms with Gasteiger partial charge in [0.15, 0.2) is 0 Å². The van der Waals surface area contributed by atoms with Gasteiger partial charge in [0.25, 0.3) is 0 Å². The topological polar surface area (TPSA) is 63.4 Å². The highest BCUT2D eigenvalue weighted by atomic mass is 16.5. The Morgan fingerprint density at radius 2 is 2.40 bits per heavy atom. The quantitative estimate of drug-likeness (QED) is 0.894. The molecular weight excluding hydrogens is 256 g/mol. The highest BCUT2D eigenvalue weighted by Crippen LogP contribution is 2.34. The van der Waals surface area contributed by atoms with Crippen LogP contribution in [0.3, 0.4) is 0 Å². The van der Waals surface area contributed by atoms with Gasteiger partial charge in [0.1, 0.15) is 6.10 Å². The molecule has 2 aliphatic rings. The van der Waals surface area contributed by atoms with Gasteiger partial charge in [0.2, 0.25) is 11.7 Å². The van der Waals surface area contributed by atoms with E-state index in [-0.39, 0.29) is 11.5 Å². The largest absolute Gasteiger partial charge is 0.367 e. The second-order valence-electron chi connectivity index (χ2n) is 5.99. The maximum absolute atomic E-state index is 5.76. The first-order chi connectivity index (χ1) is 9.73. The van der Waals surface area contributed by atoms with Crippen molar-refractivity contribution >= 4 is 0 Å². The van der Waals surface area contributed by atoms with Gasteiger partial charge in [0.05, 0.1) is 12.0 Å². The first-order valence-corrected chi connectivity index (χ1v) is 7.58. The predicted molar refractivity (Wildman–Crippen MR) is 74.6 cm³/mol. The molecule has 0 saturated carbocycles. The summed E-state index contributed by atoms with van der Waals surface area (Å²) in [6.07, 6.45) is 3.24. The molecule has 1 aromatic heterocycles. The fourth-order valence-corrected chi connectivity index (χ4v) is 3.12. The van der Waals surface area contributed by atoms with Crippen LogP contribution < -0.4 is 5.32 Å². The summed E-state index contributed by atoms with van der Waals surface area (Å²) in [5.41, 5.74) is 0.00404. The second kappa shape index (κ2) is 5.79. The maximum Gasteiger partial charge on any atom is 0.234 e. The zero-order valence-electron chi connectivity index (χ0n) is 12.4. The van der Waals surface area contributed by atoms with Gasteiger partial charge >= 0.3 is 0 Å². The van der Waals surface area contributed by atoms with Crippen molar-refractivity contribution in [3.8, 4) is 0 Å². The minimum atomic E-state index is -0.0586. The lowest BCUT2D eigenvalue weighted by molar-refractivity contribution is -0.0264. The number of aromatic nitrogens is 2. The molecule has 3 rings (SSSR count). The van der Waals surface area contributed by atoms with E-state index in [1.54, 1.807) is 0 Å². The second-order valence-corrected chi connectivity index (χ2v) is 5.99. The van der Waals surface area contributed by atoms with Crippen molar-refractivity contribution in [1.29, 1.82) is 0 Å². The lowest BCUT2D eigenvalue weighted by atomic mass is 9.78. The van der Waals surface area contributed by atoms with Gasteiger partial charge in [-0.2, -0.15) is 4.98 Å². The van der Waals surface area contributed by atoms with E-state index in [1.807, 2.05) is 0 Å². The molecule has 112 valence electrons. The molecule has 2 atom stereocenters. The highest BCUT2D eigenvalue weighted by molar-refractivity contribution is 5.09. The zero-order valence-corrected chi connectivity index (χ0v) is 12.4. The Labute approximate surface area is 119 Å². The number of nitrogens with one attached hydrogen (secondary N) is 1. The number of piperidine rings is 1. The molecule has 6 heteroatoms. The smallest absolute Gasteiger partial charge is 0.234 e. The number of hydrogen-bond donors (Lipinski definition) is 1. The minimum Gasteiger partial charge on any atom is -0.367 e. The van der Waals surface area contributed by atoms with Crippen LogP contribution in [0.2, 0.25) is 0 Å². The first-order valence-electron chi connectivity index (χ1n) is 7.58. The van der Waals surface area contributed by atoms with E-state index in [2.05, 4.69) is 34.3 Å². The van der Waals surface area contributed by atoms with Gasteiger partial charge in [-0.15, -0.1) is 0 Å². The fourth-order valence-electron chi connectivity index (χ4n) is 3.12. The molecule has 1 aromatic rings. The molecule has 0 spiro atoms. The van der Waals surface area contributed by atoms with E-state index in [1.165, 1.54) is 0 Å². The Bertz CT molecular complexity index is 442. The van der Waals surface area contributed by atoms with Crippen molar-refractivity contribution in [2.45, 2.75) is 37.7 Å². The van der Waals surface area contributed by atoms with E-state index < -0.39 is 0 Å². The van der Waals surface area contributed by atoms with Gasteiger partial charge in [-0.25, -0.2) is 0 Å². The molecular formula is C14H24N4O2. The summed E-state index contributed by atoms with van der Waals surface area (Å²) in [5.74, 6) is 1.48. The Hall–Kier alpha value is -0.980. The molecule has 6 nitrogen and oxygen atoms in total. The summed E-state index contributed by atoms with van der Waals surface area (Å²) in [6, 6.07) is 0. The van der Waals surface area contributed by atoms with Gasteiger partial charge < -0.3 is 19.5 Å². The van der Waals surface area contributed by atoms with Crippen LogP contribution in [0.25, 0.3) is 0 Å². The SMILES string of the molecule is CCC1(c2nc(C3CN(C)CCO3)no2)CCCNC1. The molecule has 0 amide bonds. The third-order valence-corrected chi connectivity index (χ3v) is 4.60. The number of ether oxygens (including phenoxy) is 1. The Morgan fingerprint density at radius 3 is 3.10 bits per heavy atom. The number of rotatable bonds is 3. The van der Waals surface area contributed by atoms with Crippen LogP contribution in [-0.4, -0.2) is 54.9 Å². The Morgan fingerprint density at radius 1 is 1.50 bits per heavy atom. The van der Waals surface area contributed by atoms with Crippen molar-refractivity contribution in [2.75, 3.05) is 39.8 Å². The molecule has 0 aromatic carbocycles. The molecule has 2 unspecified atom stereocenters. The van der Waals surface area contributed by atoms with Crippen molar-refractivity contribution in [1.82, 2.24) is 20.4 Å². The molecule has 20 heavy (non-hydrogen) atoms. The average molecular weight is 280 g/mol. The molecule has 0 bridgehead atoms. The number of likely N-dealkylation sites (N-methyl/N-ethyl adjacent to an activating group) is 1. The van der Waals surface area contributed by atoms with Gasteiger partial charge in [-0.3, -0.25) is 0 Å². The lowest BCUT2D eigenvalue weighted by Crippen LogP contribution is -2.43. The van der Waals surface area contributed by atoms with E-state index in [9.17, 15) is 0 Å². The van der Waals surface area contributed by atoms with Crippen LogP contribution in [-0.2, 0) is 10.2 Å². The molecule has 2 saturated heterocycles.